The van der Waals surface area contributed by atoms with Crippen LogP contribution in [0.2, 0.25) is 0 Å². The molecule has 2 amide bonds. The quantitative estimate of drug-likeness (QED) is 0.326. The molecule has 168 valence electrons. The van der Waals surface area contributed by atoms with E-state index < -0.39 is 11.8 Å². The molecule has 6 heteroatoms. The van der Waals surface area contributed by atoms with Crippen molar-refractivity contribution < 1.29 is 9.59 Å². The van der Waals surface area contributed by atoms with Crippen LogP contribution in [0.3, 0.4) is 0 Å². The number of carbonyl (C=O) groups is 2. The first-order chi connectivity index (χ1) is 15.7. The van der Waals surface area contributed by atoms with Crippen LogP contribution >= 0.6 is 12.2 Å². The molecule has 0 atom stereocenters. The molecule has 1 aliphatic rings. The predicted molar refractivity (Wildman–Crippen MR) is 137 cm³/mol. The van der Waals surface area contributed by atoms with Gasteiger partial charge in [-0.15, -0.1) is 0 Å². The molecule has 3 aromatic rings. The minimum absolute atomic E-state index is 0.0576. The summed E-state index contributed by atoms with van der Waals surface area (Å²) in [6.45, 7) is 10.3. The average molecular weight is 458 g/mol. The van der Waals surface area contributed by atoms with Gasteiger partial charge in [-0.2, -0.15) is 0 Å². The Kier molecular flexibility index (Phi) is 6.04. The number of thiocarbonyl (C=S) groups is 1. The second kappa shape index (κ2) is 8.79. The molecule has 0 aliphatic carbocycles. The van der Waals surface area contributed by atoms with Gasteiger partial charge in [0.2, 0.25) is 0 Å². The third-order valence-electron chi connectivity index (χ3n) is 6.05. The number of amides is 2. The maximum absolute atomic E-state index is 13.4. The number of carbonyl (C=O) groups excluding carboxylic acids is 2. The van der Waals surface area contributed by atoms with E-state index in [4.69, 9.17) is 12.2 Å². The van der Waals surface area contributed by atoms with Crippen LogP contribution in [0.25, 0.3) is 11.8 Å². The monoisotopic (exact) mass is 457 g/mol. The number of hydrogen-bond donors (Lipinski definition) is 1. The Morgan fingerprint density at radius 2 is 1.64 bits per heavy atom. The first-order valence-corrected chi connectivity index (χ1v) is 11.4. The van der Waals surface area contributed by atoms with Gasteiger partial charge in [-0.1, -0.05) is 44.2 Å². The Hall–Kier alpha value is -3.51. The highest BCUT2D eigenvalue weighted by Crippen LogP contribution is 2.28. The van der Waals surface area contributed by atoms with Crippen molar-refractivity contribution in [2.45, 2.75) is 40.5 Å². The van der Waals surface area contributed by atoms with Crippen LogP contribution in [0.15, 0.2) is 60.2 Å². The minimum atomic E-state index is -0.485. The van der Waals surface area contributed by atoms with Crippen molar-refractivity contribution in [3.05, 3.63) is 88.2 Å². The fraction of sp³-hybridized carbons (Fsp3) is 0.222. The first-order valence-electron chi connectivity index (χ1n) is 11.0. The minimum Gasteiger partial charge on any atom is -0.318 e. The number of nitrogens with zero attached hydrogens (tertiary/aromatic N) is 2. The Morgan fingerprint density at radius 1 is 0.970 bits per heavy atom. The second-order valence-corrected chi connectivity index (χ2v) is 9.04. The van der Waals surface area contributed by atoms with Gasteiger partial charge < -0.3 is 4.57 Å². The van der Waals surface area contributed by atoms with E-state index in [1.165, 1.54) is 10.5 Å². The van der Waals surface area contributed by atoms with Crippen LogP contribution in [0, 0.1) is 20.8 Å². The fourth-order valence-electron chi connectivity index (χ4n) is 4.19. The maximum atomic E-state index is 13.4. The Bertz CT molecular complexity index is 1300. The Labute approximate surface area is 199 Å². The molecule has 1 fully saturated rings. The second-order valence-electron chi connectivity index (χ2n) is 8.65. The van der Waals surface area contributed by atoms with Crippen LogP contribution in [0.1, 0.15) is 47.8 Å². The van der Waals surface area contributed by atoms with E-state index in [2.05, 4.69) is 48.0 Å². The SMILES string of the molecule is Cc1ccccc1N1C(=O)/C(=C/c2cc(C)n(-c3ccc(C(C)C)cc3)c2C)C(=O)NC1=S. The number of aromatic nitrogens is 1. The van der Waals surface area contributed by atoms with Gasteiger partial charge in [0.1, 0.15) is 5.57 Å². The van der Waals surface area contributed by atoms with Crippen LogP contribution in [-0.4, -0.2) is 21.5 Å². The molecule has 1 aliphatic heterocycles. The summed E-state index contributed by atoms with van der Waals surface area (Å²) in [5.74, 6) is -0.450. The maximum Gasteiger partial charge on any atom is 0.270 e. The number of rotatable bonds is 4. The highest BCUT2D eigenvalue weighted by Gasteiger charge is 2.35. The molecule has 0 radical (unpaired) electrons. The van der Waals surface area contributed by atoms with Crippen molar-refractivity contribution in [1.82, 2.24) is 9.88 Å². The molecule has 0 bridgehead atoms. The largest absolute Gasteiger partial charge is 0.318 e. The summed E-state index contributed by atoms with van der Waals surface area (Å²) in [7, 11) is 0. The van der Waals surface area contributed by atoms with Crippen LogP contribution in [0.5, 0.6) is 0 Å². The van der Waals surface area contributed by atoms with Gasteiger partial charge in [-0.3, -0.25) is 19.8 Å². The summed E-state index contributed by atoms with van der Waals surface area (Å²) in [6.07, 6.45) is 1.66. The summed E-state index contributed by atoms with van der Waals surface area (Å²) in [5, 5.41) is 2.76. The number of nitrogens with one attached hydrogen (secondary N) is 1. The Morgan fingerprint density at radius 3 is 2.27 bits per heavy atom. The van der Waals surface area contributed by atoms with E-state index in [0.717, 1.165) is 28.2 Å². The van der Waals surface area contributed by atoms with Gasteiger partial charge in [0.15, 0.2) is 5.11 Å². The third kappa shape index (κ3) is 4.14. The standard InChI is InChI=1S/C27H27N3O2S/c1-16(2)20-10-12-22(13-11-20)29-18(4)14-21(19(29)5)15-23-25(31)28-27(33)30(26(23)32)24-9-7-6-8-17(24)3/h6-16H,1-5H3,(H,28,31,33)/b23-15+. The smallest absolute Gasteiger partial charge is 0.270 e. The lowest BCUT2D eigenvalue weighted by molar-refractivity contribution is -0.122. The van der Waals surface area contributed by atoms with Crippen LogP contribution in [0.4, 0.5) is 5.69 Å². The van der Waals surface area contributed by atoms with E-state index in [1.807, 2.05) is 51.1 Å². The van der Waals surface area contributed by atoms with Crippen molar-refractivity contribution in [2.75, 3.05) is 4.90 Å². The van der Waals surface area contributed by atoms with Crippen molar-refractivity contribution in [3.8, 4) is 5.69 Å². The molecule has 1 saturated heterocycles. The predicted octanol–water partition coefficient (Wildman–Crippen LogP) is 5.36. The molecule has 2 heterocycles. The molecule has 0 saturated carbocycles. The van der Waals surface area contributed by atoms with Crippen molar-refractivity contribution in [1.29, 1.82) is 0 Å². The number of aryl methyl sites for hydroxylation is 2. The molecule has 4 rings (SSSR count). The molecular weight excluding hydrogens is 430 g/mol. The highest BCUT2D eigenvalue weighted by atomic mass is 32.1. The zero-order valence-electron chi connectivity index (χ0n) is 19.5. The molecule has 1 aromatic heterocycles. The summed E-state index contributed by atoms with van der Waals surface area (Å²) in [5.41, 5.74) is 6.72. The molecule has 1 N–H and O–H groups in total. The fourth-order valence-corrected chi connectivity index (χ4v) is 4.46. The van der Waals surface area contributed by atoms with Crippen molar-refractivity contribution in [3.63, 3.8) is 0 Å². The summed E-state index contributed by atoms with van der Waals surface area (Å²) >= 11 is 5.33. The van der Waals surface area contributed by atoms with E-state index in [0.29, 0.717) is 11.6 Å². The van der Waals surface area contributed by atoms with Crippen LogP contribution in [-0.2, 0) is 9.59 Å². The van der Waals surface area contributed by atoms with E-state index in [-0.39, 0.29) is 10.7 Å². The van der Waals surface area contributed by atoms with Gasteiger partial charge in [0.25, 0.3) is 11.8 Å². The molecule has 0 spiro atoms. The average Bonchev–Trinajstić information content (AvgIpc) is 3.05. The lowest BCUT2D eigenvalue weighted by Crippen LogP contribution is -2.54. The topological polar surface area (TPSA) is 54.3 Å². The number of anilines is 1. The highest BCUT2D eigenvalue weighted by molar-refractivity contribution is 7.80. The summed E-state index contributed by atoms with van der Waals surface area (Å²) < 4.78 is 2.13. The van der Waals surface area contributed by atoms with Gasteiger partial charge >= 0.3 is 0 Å². The van der Waals surface area contributed by atoms with E-state index in [1.54, 1.807) is 6.08 Å². The lowest BCUT2D eigenvalue weighted by atomic mass is 10.0. The molecule has 5 nitrogen and oxygen atoms in total. The molecular formula is C27H27N3O2S. The summed E-state index contributed by atoms with van der Waals surface area (Å²) in [6, 6.07) is 17.9. The van der Waals surface area contributed by atoms with Crippen LogP contribution < -0.4 is 10.2 Å². The summed E-state index contributed by atoms with van der Waals surface area (Å²) in [4.78, 5) is 27.5. The number of para-hydroxylation sites is 1. The molecule has 33 heavy (non-hydrogen) atoms. The number of hydrogen-bond acceptors (Lipinski definition) is 3. The van der Waals surface area contributed by atoms with Gasteiger partial charge in [-0.25, -0.2) is 0 Å². The van der Waals surface area contributed by atoms with Gasteiger partial charge in [0, 0.05) is 17.1 Å². The third-order valence-corrected chi connectivity index (χ3v) is 6.33. The van der Waals surface area contributed by atoms with Gasteiger partial charge in [0.05, 0.1) is 5.69 Å². The lowest BCUT2D eigenvalue weighted by Gasteiger charge is -2.30. The zero-order chi connectivity index (χ0) is 23.9. The molecule has 0 unspecified atom stereocenters. The van der Waals surface area contributed by atoms with E-state index >= 15 is 0 Å². The van der Waals surface area contributed by atoms with Gasteiger partial charge in [-0.05, 0) is 85.9 Å². The first kappa shape index (κ1) is 22.7. The number of benzene rings is 2. The van der Waals surface area contributed by atoms with E-state index in [9.17, 15) is 9.59 Å². The zero-order valence-corrected chi connectivity index (χ0v) is 20.3. The normalized spacial score (nSPS) is 15.5. The molecule has 2 aromatic carbocycles. The van der Waals surface area contributed by atoms with Crippen molar-refractivity contribution >= 4 is 40.9 Å². The van der Waals surface area contributed by atoms with Crippen molar-refractivity contribution in [2.24, 2.45) is 0 Å². The Balaban J connectivity index is 1.74.